The molecular weight excluding hydrogens is 570 g/mol. The van der Waals surface area contributed by atoms with Crippen LogP contribution >= 0.6 is 43.6 Å². The van der Waals surface area contributed by atoms with Crippen LogP contribution in [0.25, 0.3) is 17.1 Å². The van der Waals surface area contributed by atoms with Gasteiger partial charge in [-0.2, -0.15) is 5.10 Å². The van der Waals surface area contributed by atoms with Gasteiger partial charge in [-0.1, -0.05) is 74.0 Å². The average Bonchev–Trinajstić information content (AvgIpc) is 3.25. The summed E-state index contributed by atoms with van der Waals surface area (Å²) in [4.78, 5) is 12.3. The molecule has 33 heavy (non-hydrogen) atoms. The Balaban J connectivity index is 1.50. The number of thioether (sulfide) groups is 1. The summed E-state index contributed by atoms with van der Waals surface area (Å²) in [6, 6.07) is 22.5. The number of benzene rings is 3. The van der Waals surface area contributed by atoms with E-state index in [9.17, 15) is 9.90 Å². The van der Waals surface area contributed by atoms with Crippen molar-refractivity contribution in [2.24, 2.45) is 5.10 Å². The summed E-state index contributed by atoms with van der Waals surface area (Å²) >= 11 is 8.04. The Labute approximate surface area is 211 Å². The number of para-hydroxylation sites is 1. The van der Waals surface area contributed by atoms with E-state index >= 15 is 0 Å². The van der Waals surface area contributed by atoms with Crippen molar-refractivity contribution >= 4 is 55.7 Å². The highest BCUT2D eigenvalue weighted by molar-refractivity contribution is 9.10. The van der Waals surface area contributed by atoms with Gasteiger partial charge in [-0.3, -0.25) is 9.36 Å². The van der Waals surface area contributed by atoms with Gasteiger partial charge in [0.15, 0.2) is 11.0 Å². The Morgan fingerprint density at radius 2 is 1.76 bits per heavy atom. The minimum absolute atomic E-state index is 0.0713. The van der Waals surface area contributed by atoms with Crippen molar-refractivity contribution in [1.82, 2.24) is 20.2 Å². The first-order chi connectivity index (χ1) is 16.0. The highest BCUT2D eigenvalue weighted by Gasteiger charge is 2.17. The summed E-state index contributed by atoms with van der Waals surface area (Å²) in [7, 11) is 0. The van der Waals surface area contributed by atoms with Gasteiger partial charge < -0.3 is 5.11 Å². The molecule has 0 bridgehead atoms. The van der Waals surface area contributed by atoms with Crippen LogP contribution in [0.5, 0.6) is 5.75 Å². The van der Waals surface area contributed by atoms with Crippen molar-refractivity contribution in [3.8, 4) is 22.8 Å². The lowest BCUT2D eigenvalue weighted by Crippen LogP contribution is -2.20. The van der Waals surface area contributed by atoms with Crippen LogP contribution < -0.4 is 5.43 Å². The van der Waals surface area contributed by atoms with Gasteiger partial charge >= 0.3 is 0 Å². The van der Waals surface area contributed by atoms with Crippen LogP contribution in [-0.2, 0) is 4.79 Å². The molecule has 2 N–H and O–H groups in total. The maximum Gasteiger partial charge on any atom is 0.250 e. The lowest BCUT2D eigenvalue weighted by atomic mass is 10.2. The topological polar surface area (TPSA) is 92.4 Å². The zero-order valence-electron chi connectivity index (χ0n) is 17.0. The quantitative estimate of drug-likeness (QED) is 0.172. The summed E-state index contributed by atoms with van der Waals surface area (Å²) in [6.07, 6.45) is 1.39. The van der Waals surface area contributed by atoms with Crippen LogP contribution in [0.1, 0.15) is 5.56 Å². The van der Waals surface area contributed by atoms with Crippen LogP contribution in [0.4, 0.5) is 0 Å². The molecule has 0 radical (unpaired) electrons. The first-order valence-corrected chi connectivity index (χ1v) is 12.3. The fourth-order valence-corrected chi connectivity index (χ4v) is 4.31. The predicted molar refractivity (Wildman–Crippen MR) is 137 cm³/mol. The van der Waals surface area contributed by atoms with E-state index in [-0.39, 0.29) is 17.4 Å². The third-order valence-corrected chi connectivity index (χ3v) is 6.42. The van der Waals surface area contributed by atoms with E-state index in [1.165, 1.54) is 18.0 Å². The third kappa shape index (κ3) is 5.89. The number of aromatic hydroxyl groups is 1. The zero-order valence-corrected chi connectivity index (χ0v) is 21.0. The molecule has 10 heteroatoms. The molecule has 0 saturated heterocycles. The summed E-state index contributed by atoms with van der Waals surface area (Å²) < 4.78 is 3.69. The Hall–Kier alpha value is -2.95. The number of nitrogens with zero attached hydrogens (tertiary/aromatic N) is 4. The maximum atomic E-state index is 12.3. The number of carbonyl (C=O) groups excluding carboxylic acids is 1. The van der Waals surface area contributed by atoms with Crippen molar-refractivity contribution in [3.63, 3.8) is 0 Å². The van der Waals surface area contributed by atoms with Crippen LogP contribution in [0, 0.1) is 0 Å². The molecule has 0 aliphatic carbocycles. The molecule has 3 aromatic carbocycles. The number of hydrazone groups is 1. The van der Waals surface area contributed by atoms with Crippen molar-refractivity contribution < 1.29 is 9.90 Å². The fraction of sp³-hybridized carbons (Fsp3) is 0.0435. The SMILES string of the molecule is O=C(CSc1nnc(-c2ccc(Br)cc2)n1-c1ccccc1)N/N=C\c1cc(Br)ccc1O. The predicted octanol–water partition coefficient (Wildman–Crippen LogP) is 5.41. The standard InChI is InChI=1S/C23H17Br2N5O2S/c24-17-8-6-15(7-9-17)22-28-29-23(30(22)19-4-2-1-3-5-19)33-14-21(32)27-26-13-16-12-18(25)10-11-20(16)31/h1-13,31H,14H2,(H,27,32)/b26-13-. The minimum Gasteiger partial charge on any atom is -0.507 e. The fourth-order valence-electron chi connectivity index (χ4n) is 2.92. The molecule has 1 aromatic heterocycles. The smallest absolute Gasteiger partial charge is 0.250 e. The maximum absolute atomic E-state index is 12.3. The molecule has 0 spiro atoms. The number of hydrogen-bond acceptors (Lipinski definition) is 6. The summed E-state index contributed by atoms with van der Waals surface area (Å²) in [6.45, 7) is 0. The number of rotatable bonds is 7. The van der Waals surface area contributed by atoms with Crippen LogP contribution in [0.15, 0.2) is 92.0 Å². The number of hydrogen-bond donors (Lipinski definition) is 2. The lowest BCUT2D eigenvalue weighted by molar-refractivity contribution is -0.118. The molecule has 0 saturated carbocycles. The number of halogens is 2. The van der Waals surface area contributed by atoms with Gasteiger partial charge in [-0.25, -0.2) is 5.43 Å². The number of aromatic nitrogens is 3. The zero-order chi connectivity index (χ0) is 23.2. The average molecular weight is 587 g/mol. The molecule has 0 aliphatic heterocycles. The summed E-state index contributed by atoms with van der Waals surface area (Å²) in [5.74, 6) is 0.535. The van der Waals surface area contributed by atoms with Crippen molar-refractivity contribution in [2.45, 2.75) is 5.16 Å². The molecule has 4 rings (SSSR count). The van der Waals surface area contributed by atoms with Gasteiger partial charge in [0.05, 0.1) is 12.0 Å². The van der Waals surface area contributed by atoms with Gasteiger partial charge in [0.25, 0.3) is 5.91 Å². The molecule has 0 fully saturated rings. The van der Waals surface area contributed by atoms with E-state index in [1.54, 1.807) is 18.2 Å². The molecule has 0 unspecified atom stereocenters. The first kappa shape index (κ1) is 23.2. The summed E-state index contributed by atoms with van der Waals surface area (Å²) in [5.41, 5.74) is 4.76. The second-order valence-corrected chi connectivity index (χ2v) is 9.54. The third-order valence-electron chi connectivity index (χ3n) is 4.46. The van der Waals surface area contributed by atoms with Gasteiger partial charge in [-0.05, 0) is 42.5 Å². The van der Waals surface area contributed by atoms with Gasteiger partial charge in [0.2, 0.25) is 0 Å². The number of phenols is 1. The molecule has 0 aliphatic rings. The van der Waals surface area contributed by atoms with Gasteiger partial charge in [-0.15, -0.1) is 10.2 Å². The van der Waals surface area contributed by atoms with E-state index in [1.807, 2.05) is 59.2 Å². The minimum atomic E-state index is -0.307. The monoisotopic (exact) mass is 585 g/mol. The van der Waals surface area contributed by atoms with E-state index < -0.39 is 0 Å². The van der Waals surface area contributed by atoms with Crippen molar-refractivity contribution in [2.75, 3.05) is 5.75 Å². The number of nitrogens with one attached hydrogen (secondary N) is 1. The highest BCUT2D eigenvalue weighted by Crippen LogP contribution is 2.28. The molecule has 1 heterocycles. The first-order valence-electron chi connectivity index (χ1n) is 9.71. The summed E-state index contributed by atoms with van der Waals surface area (Å²) in [5, 5.41) is 23.1. The second-order valence-electron chi connectivity index (χ2n) is 6.77. The normalized spacial score (nSPS) is 11.1. The number of amides is 1. The Morgan fingerprint density at radius 1 is 1.03 bits per heavy atom. The van der Waals surface area contributed by atoms with Gasteiger partial charge in [0, 0.05) is 25.8 Å². The highest BCUT2D eigenvalue weighted by atomic mass is 79.9. The lowest BCUT2D eigenvalue weighted by Gasteiger charge is -2.10. The van der Waals surface area contributed by atoms with E-state index in [2.05, 4.69) is 52.6 Å². The van der Waals surface area contributed by atoms with Crippen LogP contribution in [0.3, 0.4) is 0 Å². The number of phenolic OH excluding ortho intramolecular Hbond substituents is 1. The van der Waals surface area contributed by atoms with E-state index in [0.717, 1.165) is 20.2 Å². The molecule has 4 aromatic rings. The van der Waals surface area contributed by atoms with Crippen molar-refractivity contribution in [3.05, 3.63) is 87.3 Å². The van der Waals surface area contributed by atoms with E-state index in [0.29, 0.717) is 16.5 Å². The molecular formula is C23H17Br2N5O2S. The van der Waals surface area contributed by atoms with Crippen LogP contribution in [0.2, 0.25) is 0 Å². The molecule has 0 atom stereocenters. The Bertz CT molecular complexity index is 1290. The Morgan fingerprint density at radius 3 is 2.52 bits per heavy atom. The molecule has 7 nitrogen and oxygen atoms in total. The second kappa shape index (κ2) is 10.8. The van der Waals surface area contributed by atoms with Crippen LogP contribution in [-0.4, -0.2) is 37.7 Å². The van der Waals surface area contributed by atoms with E-state index in [4.69, 9.17) is 0 Å². The van der Waals surface area contributed by atoms with Gasteiger partial charge in [0.1, 0.15) is 5.75 Å². The van der Waals surface area contributed by atoms with Crippen molar-refractivity contribution in [1.29, 1.82) is 0 Å². The molecule has 1 amide bonds. The Kier molecular flexibility index (Phi) is 7.58. The molecule has 166 valence electrons. The largest absolute Gasteiger partial charge is 0.507 e. The number of carbonyl (C=O) groups is 1.